The molecule has 0 aliphatic rings. The Morgan fingerprint density at radius 2 is 2.55 bits per heavy atom. The molecule has 4 nitrogen and oxygen atoms in total. The topological polar surface area (TPSA) is 58.0 Å². The van der Waals surface area contributed by atoms with Crippen molar-refractivity contribution in [1.29, 1.82) is 0 Å². The molecule has 1 aromatic rings. The molecule has 0 aromatic carbocycles. The number of rotatable bonds is 3. The fourth-order valence-electron chi connectivity index (χ4n) is 0.648. The molecule has 0 spiro atoms. The SMILES string of the molecule is CC(O)CNc1ccncn1. The second-order valence-electron chi connectivity index (χ2n) is 2.32. The predicted molar refractivity (Wildman–Crippen MR) is 42.2 cm³/mol. The Hall–Kier alpha value is -1.16. The van der Waals surface area contributed by atoms with Crippen molar-refractivity contribution in [2.45, 2.75) is 13.0 Å². The molecule has 0 amide bonds. The summed E-state index contributed by atoms with van der Waals surface area (Å²) in [7, 11) is 0. The van der Waals surface area contributed by atoms with E-state index in [4.69, 9.17) is 5.11 Å². The van der Waals surface area contributed by atoms with Crippen molar-refractivity contribution < 1.29 is 5.11 Å². The zero-order chi connectivity index (χ0) is 8.10. The summed E-state index contributed by atoms with van der Waals surface area (Å²) in [4.78, 5) is 7.68. The van der Waals surface area contributed by atoms with Gasteiger partial charge in [-0.3, -0.25) is 0 Å². The van der Waals surface area contributed by atoms with Crippen molar-refractivity contribution in [2.75, 3.05) is 11.9 Å². The fourth-order valence-corrected chi connectivity index (χ4v) is 0.648. The molecule has 0 aliphatic heterocycles. The summed E-state index contributed by atoms with van der Waals surface area (Å²) in [5.41, 5.74) is 0. The van der Waals surface area contributed by atoms with Crippen LogP contribution in [0.2, 0.25) is 0 Å². The standard InChI is InChI=1S/C7H11N3O/c1-6(11)4-9-7-2-3-8-5-10-7/h2-3,5-6,11H,4H2,1H3,(H,8,9,10). The van der Waals surface area contributed by atoms with Crippen molar-refractivity contribution in [3.05, 3.63) is 18.6 Å². The zero-order valence-electron chi connectivity index (χ0n) is 6.36. The number of nitrogens with zero attached hydrogens (tertiary/aromatic N) is 2. The average molecular weight is 153 g/mol. The maximum atomic E-state index is 8.91. The molecule has 0 bridgehead atoms. The lowest BCUT2D eigenvalue weighted by Gasteiger charge is -2.05. The van der Waals surface area contributed by atoms with Crippen molar-refractivity contribution >= 4 is 5.82 Å². The maximum absolute atomic E-state index is 8.91. The third kappa shape index (κ3) is 2.95. The first kappa shape index (κ1) is 7.94. The van der Waals surface area contributed by atoms with E-state index in [0.717, 1.165) is 5.82 Å². The molecule has 4 heteroatoms. The molecule has 0 radical (unpaired) electrons. The third-order valence-corrected chi connectivity index (χ3v) is 1.16. The Bertz CT molecular complexity index is 200. The van der Waals surface area contributed by atoms with Gasteiger partial charge in [0.15, 0.2) is 0 Å². The quantitative estimate of drug-likeness (QED) is 0.654. The summed E-state index contributed by atoms with van der Waals surface area (Å²) in [5, 5.41) is 11.9. The normalized spacial score (nSPS) is 12.5. The van der Waals surface area contributed by atoms with Gasteiger partial charge in [0, 0.05) is 12.7 Å². The highest BCUT2D eigenvalue weighted by Gasteiger charge is 1.94. The largest absolute Gasteiger partial charge is 0.392 e. The lowest BCUT2D eigenvalue weighted by Crippen LogP contribution is -2.15. The monoisotopic (exact) mass is 153 g/mol. The van der Waals surface area contributed by atoms with Crippen molar-refractivity contribution in [1.82, 2.24) is 9.97 Å². The van der Waals surface area contributed by atoms with Crippen molar-refractivity contribution in [3.63, 3.8) is 0 Å². The zero-order valence-corrected chi connectivity index (χ0v) is 6.36. The van der Waals surface area contributed by atoms with E-state index in [0.29, 0.717) is 6.54 Å². The van der Waals surface area contributed by atoms with Crippen LogP contribution in [0.15, 0.2) is 18.6 Å². The third-order valence-electron chi connectivity index (χ3n) is 1.16. The van der Waals surface area contributed by atoms with Gasteiger partial charge in [-0.15, -0.1) is 0 Å². The highest BCUT2D eigenvalue weighted by atomic mass is 16.3. The maximum Gasteiger partial charge on any atom is 0.129 e. The Morgan fingerprint density at radius 3 is 3.09 bits per heavy atom. The van der Waals surface area contributed by atoms with Gasteiger partial charge >= 0.3 is 0 Å². The first-order valence-electron chi connectivity index (χ1n) is 3.47. The fraction of sp³-hybridized carbons (Fsp3) is 0.429. The minimum absolute atomic E-state index is 0.357. The van der Waals surface area contributed by atoms with Gasteiger partial charge in [0.2, 0.25) is 0 Å². The number of aliphatic hydroxyl groups excluding tert-OH is 1. The van der Waals surface area contributed by atoms with Crippen LogP contribution in [-0.4, -0.2) is 27.7 Å². The number of aliphatic hydroxyl groups is 1. The van der Waals surface area contributed by atoms with Crippen LogP contribution < -0.4 is 5.32 Å². The molecular formula is C7H11N3O. The molecule has 1 rings (SSSR count). The summed E-state index contributed by atoms with van der Waals surface area (Å²) < 4.78 is 0. The number of aromatic nitrogens is 2. The van der Waals surface area contributed by atoms with E-state index in [-0.39, 0.29) is 6.10 Å². The van der Waals surface area contributed by atoms with Crippen LogP contribution in [0.5, 0.6) is 0 Å². The lowest BCUT2D eigenvalue weighted by molar-refractivity contribution is 0.208. The first-order chi connectivity index (χ1) is 5.29. The molecule has 0 saturated carbocycles. The highest BCUT2D eigenvalue weighted by Crippen LogP contribution is 1.96. The summed E-state index contributed by atoms with van der Waals surface area (Å²) in [6.07, 6.45) is 2.76. The van der Waals surface area contributed by atoms with E-state index in [9.17, 15) is 0 Å². The van der Waals surface area contributed by atoms with E-state index >= 15 is 0 Å². The van der Waals surface area contributed by atoms with E-state index in [1.807, 2.05) is 0 Å². The molecule has 1 aromatic heterocycles. The molecule has 0 aliphatic carbocycles. The van der Waals surface area contributed by atoms with E-state index in [1.165, 1.54) is 6.33 Å². The van der Waals surface area contributed by atoms with Crippen molar-refractivity contribution in [2.24, 2.45) is 0 Å². The second-order valence-corrected chi connectivity index (χ2v) is 2.32. The van der Waals surface area contributed by atoms with Gasteiger partial charge in [0.25, 0.3) is 0 Å². The van der Waals surface area contributed by atoms with Crippen LogP contribution in [-0.2, 0) is 0 Å². The minimum Gasteiger partial charge on any atom is -0.392 e. The number of hydrogen-bond acceptors (Lipinski definition) is 4. The van der Waals surface area contributed by atoms with Gasteiger partial charge in [-0.25, -0.2) is 9.97 Å². The van der Waals surface area contributed by atoms with Crippen LogP contribution in [0.4, 0.5) is 5.82 Å². The minimum atomic E-state index is -0.357. The molecule has 1 atom stereocenters. The van der Waals surface area contributed by atoms with Crippen LogP contribution in [0.25, 0.3) is 0 Å². The van der Waals surface area contributed by atoms with Gasteiger partial charge in [0.1, 0.15) is 12.1 Å². The first-order valence-corrected chi connectivity index (χ1v) is 3.47. The van der Waals surface area contributed by atoms with Crippen LogP contribution in [0.3, 0.4) is 0 Å². The Morgan fingerprint density at radius 1 is 1.73 bits per heavy atom. The smallest absolute Gasteiger partial charge is 0.129 e. The Kier molecular flexibility index (Phi) is 2.80. The molecule has 11 heavy (non-hydrogen) atoms. The molecule has 1 heterocycles. The molecule has 0 saturated heterocycles. The van der Waals surface area contributed by atoms with Gasteiger partial charge in [-0.05, 0) is 13.0 Å². The number of hydrogen-bond donors (Lipinski definition) is 2. The Labute approximate surface area is 65.3 Å². The van der Waals surface area contributed by atoms with Crippen LogP contribution in [0, 0.1) is 0 Å². The lowest BCUT2D eigenvalue weighted by atomic mass is 10.4. The molecule has 2 N–H and O–H groups in total. The summed E-state index contributed by atoms with van der Waals surface area (Å²) in [6, 6.07) is 1.75. The highest BCUT2D eigenvalue weighted by molar-refractivity contribution is 5.31. The molecule has 60 valence electrons. The second kappa shape index (κ2) is 3.88. The predicted octanol–water partition coefficient (Wildman–Crippen LogP) is 0.269. The summed E-state index contributed by atoms with van der Waals surface area (Å²) >= 11 is 0. The number of nitrogens with one attached hydrogen (secondary N) is 1. The number of anilines is 1. The van der Waals surface area contributed by atoms with Crippen LogP contribution >= 0.6 is 0 Å². The van der Waals surface area contributed by atoms with Crippen molar-refractivity contribution in [3.8, 4) is 0 Å². The molecular weight excluding hydrogens is 142 g/mol. The van der Waals surface area contributed by atoms with Crippen LogP contribution in [0.1, 0.15) is 6.92 Å². The summed E-state index contributed by atoms with van der Waals surface area (Å²) in [5.74, 6) is 0.737. The van der Waals surface area contributed by atoms with Gasteiger partial charge in [-0.1, -0.05) is 0 Å². The van der Waals surface area contributed by atoms with Gasteiger partial charge in [0.05, 0.1) is 6.10 Å². The summed E-state index contributed by atoms with van der Waals surface area (Å²) in [6.45, 7) is 2.23. The Balaban J connectivity index is 2.39. The van der Waals surface area contributed by atoms with E-state index < -0.39 is 0 Å². The van der Waals surface area contributed by atoms with Gasteiger partial charge in [-0.2, -0.15) is 0 Å². The molecule has 1 unspecified atom stereocenters. The van der Waals surface area contributed by atoms with Gasteiger partial charge < -0.3 is 10.4 Å². The molecule has 0 fully saturated rings. The van der Waals surface area contributed by atoms with E-state index in [1.54, 1.807) is 19.2 Å². The average Bonchev–Trinajstić information content (AvgIpc) is 2.03. The van der Waals surface area contributed by atoms with E-state index in [2.05, 4.69) is 15.3 Å².